The van der Waals surface area contributed by atoms with Gasteiger partial charge in [-0.05, 0) is 53.1 Å². The van der Waals surface area contributed by atoms with Crippen LogP contribution in [-0.2, 0) is 21.5 Å². The van der Waals surface area contributed by atoms with Gasteiger partial charge < -0.3 is 8.83 Å². The van der Waals surface area contributed by atoms with Crippen LogP contribution in [0.5, 0.6) is 0 Å². The maximum absolute atomic E-state index is 14.0. The molecule has 0 saturated heterocycles. The summed E-state index contributed by atoms with van der Waals surface area (Å²) in [5.41, 5.74) is 1.90. The van der Waals surface area contributed by atoms with E-state index in [4.69, 9.17) is 13.8 Å². The maximum Gasteiger partial charge on any atom is 0.386 e. The van der Waals surface area contributed by atoms with E-state index in [2.05, 4.69) is 66.3 Å². The third-order valence-corrected chi connectivity index (χ3v) is 9.47. The summed E-state index contributed by atoms with van der Waals surface area (Å²) in [6, 6.07) is 18.0. The lowest BCUT2D eigenvalue weighted by Crippen LogP contribution is -2.35. The van der Waals surface area contributed by atoms with Gasteiger partial charge in [0.15, 0.2) is 34.8 Å². The van der Waals surface area contributed by atoms with Crippen LogP contribution in [0.25, 0.3) is 51.5 Å². The molecule has 262 valence electrons. The van der Waals surface area contributed by atoms with Crippen LogP contribution in [0.15, 0.2) is 85.9 Å². The summed E-state index contributed by atoms with van der Waals surface area (Å²) in [6.45, 7) is 0. The molecule has 0 aliphatic rings. The number of benzene rings is 2. The van der Waals surface area contributed by atoms with Crippen molar-refractivity contribution in [3.8, 4) is 51.5 Å². The van der Waals surface area contributed by atoms with Crippen molar-refractivity contribution in [1.82, 2.24) is 66.5 Å². The number of thioether (sulfide) groups is 2. The Hall–Kier alpha value is -6.20. The number of hydrogen-bond donors (Lipinski definition) is 5. The second-order valence-electron chi connectivity index (χ2n) is 10.8. The Labute approximate surface area is 299 Å². The Morgan fingerprint density at radius 2 is 1.56 bits per heavy atom. The van der Waals surface area contributed by atoms with Crippen molar-refractivity contribution in [3.63, 3.8) is 0 Å². The number of halogens is 1. The molecule has 0 aliphatic carbocycles. The molecule has 0 amide bonds. The van der Waals surface area contributed by atoms with Gasteiger partial charge in [-0.1, -0.05) is 46.5 Å². The fourth-order valence-corrected chi connectivity index (χ4v) is 6.94. The average molecular weight is 761 g/mol. The van der Waals surface area contributed by atoms with Gasteiger partial charge >= 0.3 is 11.0 Å². The lowest BCUT2D eigenvalue weighted by molar-refractivity contribution is -0.693. The third-order valence-electron chi connectivity index (χ3n) is 7.08. The van der Waals surface area contributed by atoms with Crippen molar-refractivity contribution in [3.05, 3.63) is 84.2 Å². The van der Waals surface area contributed by atoms with Gasteiger partial charge in [0, 0.05) is 22.9 Å². The number of nitrogens with one attached hydrogen (secondary N) is 5. The number of anilines is 1. The quantitative estimate of drug-likeness (QED) is 0.0828. The maximum atomic E-state index is 14.0. The SMILES string of the molecule is CS(=O)(=O)Nc1cccc(-c2oc(-c3nc(SCc4nn[nH]n4)n[nH]3)cc2-[n+]2[nH]c(-c3ccc(-c4cccc(F)c4)o3)nc2SCc2nn[nH]n2)c1. The van der Waals surface area contributed by atoms with E-state index < -0.39 is 15.8 Å². The van der Waals surface area contributed by atoms with Crippen LogP contribution in [0.4, 0.5) is 10.1 Å². The second kappa shape index (κ2) is 13.8. The molecule has 6 aromatic heterocycles. The van der Waals surface area contributed by atoms with Crippen molar-refractivity contribution in [2.75, 3.05) is 11.0 Å². The molecular formula is C29H23FN15O4S3+. The van der Waals surface area contributed by atoms with Crippen LogP contribution in [0.3, 0.4) is 0 Å². The molecule has 0 bridgehead atoms. The van der Waals surface area contributed by atoms with E-state index in [1.165, 1.54) is 35.7 Å². The highest BCUT2D eigenvalue weighted by atomic mass is 32.2. The summed E-state index contributed by atoms with van der Waals surface area (Å²) in [5.74, 6) is 3.34. The number of nitrogens with zero attached hydrogens (tertiary/aromatic N) is 10. The van der Waals surface area contributed by atoms with E-state index in [-0.39, 0.29) is 0 Å². The number of tetrazole rings is 2. The smallest absolute Gasteiger partial charge is 0.386 e. The minimum atomic E-state index is -3.58. The average Bonchev–Trinajstić information content (AvgIpc) is 3.96. The van der Waals surface area contributed by atoms with Crippen molar-refractivity contribution in [2.24, 2.45) is 0 Å². The molecule has 0 atom stereocenters. The van der Waals surface area contributed by atoms with Gasteiger partial charge in [0.1, 0.15) is 11.6 Å². The van der Waals surface area contributed by atoms with Crippen molar-refractivity contribution in [1.29, 1.82) is 0 Å². The molecule has 52 heavy (non-hydrogen) atoms. The predicted molar refractivity (Wildman–Crippen MR) is 182 cm³/mol. The molecule has 0 saturated carbocycles. The first-order valence-electron chi connectivity index (χ1n) is 15.0. The molecule has 19 nitrogen and oxygen atoms in total. The molecule has 0 aliphatic heterocycles. The highest BCUT2D eigenvalue weighted by Gasteiger charge is 2.31. The Kier molecular flexibility index (Phi) is 8.78. The van der Waals surface area contributed by atoms with E-state index >= 15 is 0 Å². The minimum absolute atomic E-state index is 0.296. The Balaban J connectivity index is 1.22. The summed E-state index contributed by atoms with van der Waals surface area (Å²) in [4.78, 5) is 9.43. The highest BCUT2D eigenvalue weighted by molar-refractivity contribution is 7.98. The van der Waals surface area contributed by atoms with Gasteiger partial charge in [-0.25, -0.2) is 12.8 Å². The number of aromatic amines is 4. The summed E-state index contributed by atoms with van der Waals surface area (Å²) in [5, 5.41) is 39.4. The van der Waals surface area contributed by atoms with Crippen molar-refractivity contribution >= 4 is 39.2 Å². The molecule has 2 aromatic carbocycles. The Morgan fingerprint density at radius 1 is 0.808 bits per heavy atom. The van der Waals surface area contributed by atoms with Crippen LogP contribution < -0.4 is 9.40 Å². The zero-order chi connectivity index (χ0) is 35.7. The van der Waals surface area contributed by atoms with Gasteiger partial charge in [-0.3, -0.25) is 9.82 Å². The summed E-state index contributed by atoms with van der Waals surface area (Å²) in [7, 11) is -3.58. The Bertz CT molecular complexity index is 2580. The van der Waals surface area contributed by atoms with Gasteiger partial charge in [0.25, 0.3) is 0 Å². The number of hydrogen-bond acceptors (Lipinski definition) is 15. The van der Waals surface area contributed by atoms with E-state index in [1.54, 1.807) is 59.3 Å². The molecule has 0 spiro atoms. The first kappa shape index (κ1) is 33.0. The van der Waals surface area contributed by atoms with E-state index in [0.717, 1.165) is 6.26 Å². The molecule has 23 heteroatoms. The van der Waals surface area contributed by atoms with E-state index in [1.807, 2.05) is 0 Å². The minimum Gasteiger partial charge on any atom is -0.450 e. The number of sulfonamides is 1. The monoisotopic (exact) mass is 760 g/mol. The van der Waals surface area contributed by atoms with Crippen LogP contribution in [0.1, 0.15) is 11.6 Å². The van der Waals surface area contributed by atoms with Crippen molar-refractivity contribution in [2.45, 2.75) is 21.8 Å². The predicted octanol–water partition coefficient (Wildman–Crippen LogP) is 3.78. The number of rotatable bonds is 13. The summed E-state index contributed by atoms with van der Waals surface area (Å²) in [6.07, 6.45) is 1.07. The normalized spacial score (nSPS) is 11.7. The second-order valence-corrected chi connectivity index (χ2v) is 14.5. The zero-order valence-corrected chi connectivity index (χ0v) is 28.9. The fraction of sp³-hybridized carbons (Fsp3) is 0.103. The zero-order valence-electron chi connectivity index (χ0n) is 26.5. The molecule has 5 N–H and O–H groups in total. The molecule has 0 unspecified atom stereocenters. The largest absolute Gasteiger partial charge is 0.450 e. The third kappa shape index (κ3) is 7.31. The van der Waals surface area contributed by atoms with E-state index in [9.17, 15) is 12.8 Å². The van der Waals surface area contributed by atoms with Crippen LogP contribution in [0, 0.1) is 5.82 Å². The standard InChI is InChI=1S/C29H22FN15O4S3/c1-52(46,47)40-18-7-3-5-16(11-18)25-19(12-22(49-25)26-31-28(38-37-26)50-13-23-33-41-42-34-23)45-29(51-14-24-35-43-44-36-24)32-27(39-45)21-9-8-20(48-21)15-4-2-6-17(30)10-15/h2-12,40H,13-14H2,1H3,(H3,31,33,34,35,36,37,38,41,42,43,44)/p+1. The van der Waals surface area contributed by atoms with Gasteiger partial charge in [0.05, 0.1) is 17.8 Å². The van der Waals surface area contributed by atoms with Gasteiger partial charge in [-0.15, -0.1) is 30.2 Å². The molecular weight excluding hydrogens is 738 g/mol. The highest BCUT2D eigenvalue weighted by Crippen LogP contribution is 2.35. The van der Waals surface area contributed by atoms with Crippen molar-refractivity contribution < 1.29 is 26.3 Å². The van der Waals surface area contributed by atoms with Gasteiger partial charge in [0.2, 0.25) is 20.9 Å². The molecule has 8 aromatic rings. The molecule has 0 radical (unpaired) electrons. The lowest BCUT2D eigenvalue weighted by Gasteiger charge is -2.06. The van der Waals surface area contributed by atoms with E-state index in [0.29, 0.717) is 90.7 Å². The lowest BCUT2D eigenvalue weighted by atomic mass is 10.1. The first-order chi connectivity index (χ1) is 25.2. The summed E-state index contributed by atoms with van der Waals surface area (Å²) < 4.78 is 54.9. The first-order valence-corrected chi connectivity index (χ1v) is 18.8. The summed E-state index contributed by atoms with van der Waals surface area (Å²) >= 11 is 2.60. The molecule has 8 rings (SSSR count). The van der Waals surface area contributed by atoms with Gasteiger partial charge in [-0.2, -0.15) is 20.5 Å². The molecule has 6 heterocycles. The topological polar surface area (TPSA) is 255 Å². The Morgan fingerprint density at radius 3 is 2.31 bits per heavy atom. The molecule has 0 fully saturated rings. The number of H-pyrrole nitrogens is 4. The van der Waals surface area contributed by atoms with Crippen LogP contribution >= 0.6 is 23.5 Å². The van der Waals surface area contributed by atoms with Crippen LogP contribution in [0.2, 0.25) is 0 Å². The number of furan rings is 2. The number of aromatic nitrogens is 14. The van der Waals surface area contributed by atoms with Crippen LogP contribution in [-0.4, -0.2) is 81.2 Å². The fourth-order valence-electron chi connectivity index (χ4n) is 4.93.